The lowest BCUT2D eigenvalue weighted by Crippen LogP contribution is -2.45. The number of hydrogen-bond acceptors (Lipinski definition) is 4. The van der Waals surface area contributed by atoms with E-state index in [2.05, 4.69) is 0 Å². The van der Waals surface area contributed by atoms with E-state index in [0.29, 0.717) is 32.3 Å². The van der Waals surface area contributed by atoms with Gasteiger partial charge in [-0.25, -0.2) is 0 Å². The molecule has 0 unspecified atom stereocenters. The van der Waals surface area contributed by atoms with Gasteiger partial charge in [-0.15, -0.1) is 0 Å². The summed E-state index contributed by atoms with van der Waals surface area (Å²) in [7, 11) is -2.47. The van der Waals surface area contributed by atoms with Gasteiger partial charge in [0.15, 0.2) is 0 Å². The van der Waals surface area contributed by atoms with Crippen molar-refractivity contribution < 1.29 is 13.3 Å². The van der Waals surface area contributed by atoms with Gasteiger partial charge in [-0.1, -0.05) is 0 Å². The topological polar surface area (TPSA) is 51.5 Å². The van der Waals surface area contributed by atoms with Crippen molar-refractivity contribution in [2.45, 2.75) is 33.2 Å². The first-order valence-electron chi connectivity index (χ1n) is 5.15. The summed E-state index contributed by atoms with van der Waals surface area (Å²) in [5.41, 5.74) is 0. The van der Waals surface area contributed by atoms with Crippen LogP contribution in [0.5, 0.6) is 0 Å². The molecule has 0 aromatic rings. The summed E-state index contributed by atoms with van der Waals surface area (Å²) in [6.45, 7) is 7.61. The quantitative estimate of drug-likeness (QED) is 0.477. The molecule has 0 bridgehead atoms. The Morgan fingerprint density at radius 1 is 1.00 bits per heavy atom. The van der Waals surface area contributed by atoms with Crippen molar-refractivity contribution in [1.29, 1.82) is 5.41 Å². The Morgan fingerprint density at radius 2 is 1.43 bits per heavy atom. The van der Waals surface area contributed by atoms with Crippen LogP contribution in [-0.2, 0) is 13.3 Å². The minimum atomic E-state index is -2.47. The molecule has 0 aliphatic carbocycles. The normalized spacial score (nSPS) is 11.6. The lowest BCUT2D eigenvalue weighted by atomic mass is 10.5. The third-order valence-corrected chi connectivity index (χ3v) is 4.77. The summed E-state index contributed by atoms with van der Waals surface area (Å²) < 4.78 is 16.8. The van der Waals surface area contributed by atoms with Gasteiger partial charge in [0.2, 0.25) is 0 Å². The Hall–Kier alpha value is -0.233. The van der Waals surface area contributed by atoms with E-state index >= 15 is 0 Å². The van der Waals surface area contributed by atoms with Crippen molar-refractivity contribution in [3.63, 3.8) is 0 Å². The first kappa shape index (κ1) is 13.8. The molecule has 5 heteroatoms. The zero-order valence-corrected chi connectivity index (χ0v) is 10.3. The summed E-state index contributed by atoms with van der Waals surface area (Å²) in [6.07, 6.45) is 2.03. The molecule has 0 aliphatic rings. The van der Waals surface area contributed by atoms with E-state index in [0.717, 1.165) is 0 Å². The van der Waals surface area contributed by atoms with Gasteiger partial charge in [-0.3, -0.25) is 0 Å². The molecule has 0 spiro atoms. The molecule has 0 rings (SSSR count). The average molecular weight is 219 g/mol. The Labute approximate surface area is 87.4 Å². The van der Waals surface area contributed by atoms with Gasteiger partial charge in [0, 0.05) is 25.9 Å². The molecular formula is C9H21NO3Si. The number of nitrogens with one attached hydrogen (secondary N) is 1. The molecule has 4 nitrogen and oxygen atoms in total. The van der Waals surface area contributed by atoms with Crippen molar-refractivity contribution in [2.75, 3.05) is 19.8 Å². The maximum Gasteiger partial charge on any atom is 0.501 e. The third kappa shape index (κ3) is 4.85. The highest BCUT2D eigenvalue weighted by Gasteiger charge is 2.39. The lowest BCUT2D eigenvalue weighted by Gasteiger charge is -2.27. The fourth-order valence-electron chi connectivity index (χ4n) is 1.25. The third-order valence-electron chi connectivity index (χ3n) is 1.69. The predicted molar refractivity (Wildman–Crippen MR) is 58.8 cm³/mol. The molecule has 0 aromatic carbocycles. The molecule has 0 saturated heterocycles. The molecule has 0 fully saturated rings. The zero-order chi connectivity index (χ0) is 10.9. The van der Waals surface area contributed by atoms with Gasteiger partial charge in [-0.2, -0.15) is 0 Å². The van der Waals surface area contributed by atoms with Crippen LogP contribution in [-0.4, -0.2) is 34.8 Å². The smallest absolute Gasteiger partial charge is 0.374 e. The van der Waals surface area contributed by atoms with Crippen LogP contribution in [0.3, 0.4) is 0 Å². The summed E-state index contributed by atoms with van der Waals surface area (Å²) in [4.78, 5) is 0. The maximum atomic E-state index is 7.01. The second-order valence-electron chi connectivity index (χ2n) is 2.72. The standard InChI is InChI=1S/C9H21NO3Si/c1-4-11-14(12-5-2,13-6-3)9-7-8-10/h8,10H,4-7,9H2,1-3H3. The van der Waals surface area contributed by atoms with Crippen molar-refractivity contribution in [3.05, 3.63) is 0 Å². The van der Waals surface area contributed by atoms with Crippen molar-refractivity contribution in [2.24, 2.45) is 0 Å². The SMILES string of the molecule is CCO[Si](CCC=N)(OCC)OCC. The minimum Gasteiger partial charge on any atom is -0.374 e. The van der Waals surface area contributed by atoms with Gasteiger partial charge >= 0.3 is 8.80 Å². The van der Waals surface area contributed by atoms with Gasteiger partial charge in [0.1, 0.15) is 0 Å². The first-order valence-corrected chi connectivity index (χ1v) is 7.08. The second kappa shape index (κ2) is 8.11. The van der Waals surface area contributed by atoms with Crippen LogP contribution in [0, 0.1) is 5.41 Å². The molecule has 14 heavy (non-hydrogen) atoms. The van der Waals surface area contributed by atoms with Crippen LogP contribution in [0.1, 0.15) is 27.2 Å². The van der Waals surface area contributed by atoms with E-state index in [9.17, 15) is 0 Å². The molecule has 0 heterocycles. The van der Waals surface area contributed by atoms with Gasteiger partial charge < -0.3 is 18.7 Å². The number of rotatable bonds is 9. The summed E-state index contributed by atoms with van der Waals surface area (Å²) in [5.74, 6) is 0. The zero-order valence-electron chi connectivity index (χ0n) is 9.34. The Balaban J connectivity index is 4.28. The molecule has 1 N–H and O–H groups in total. The van der Waals surface area contributed by atoms with E-state index < -0.39 is 8.80 Å². The van der Waals surface area contributed by atoms with E-state index in [1.54, 1.807) is 0 Å². The minimum absolute atomic E-state index is 0.601. The van der Waals surface area contributed by atoms with Crippen LogP contribution in [0.15, 0.2) is 0 Å². The molecule has 0 aliphatic heterocycles. The highest BCUT2D eigenvalue weighted by molar-refractivity contribution is 6.60. The first-order chi connectivity index (χ1) is 6.74. The Morgan fingerprint density at radius 3 is 1.71 bits per heavy atom. The molecule has 84 valence electrons. The van der Waals surface area contributed by atoms with Gasteiger partial charge in [-0.05, 0) is 33.4 Å². The van der Waals surface area contributed by atoms with Crippen molar-refractivity contribution in [3.8, 4) is 0 Å². The molecule has 0 amide bonds. The van der Waals surface area contributed by atoms with Crippen molar-refractivity contribution in [1.82, 2.24) is 0 Å². The Bertz CT molecular complexity index is 138. The molecular weight excluding hydrogens is 198 g/mol. The lowest BCUT2D eigenvalue weighted by molar-refractivity contribution is 0.0719. The predicted octanol–water partition coefficient (Wildman–Crippen LogP) is 2.07. The van der Waals surface area contributed by atoms with Crippen molar-refractivity contribution >= 4 is 15.0 Å². The fraction of sp³-hybridized carbons (Fsp3) is 0.889. The maximum absolute atomic E-state index is 7.01. The van der Waals surface area contributed by atoms with E-state index in [1.165, 1.54) is 6.21 Å². The van der Waals surface area contributed by atoms with Gasteiger partial charge in [0.25, 0.3) is 0 Å². The molecule has 0 saturated carbocycles. The van der Waals surface area contributed by atoms with E-state index in [1.807, 2.05) is 20.8 Å². The van der Waals surface area contributed by atoms with E-state index in [-0.39, 0.29) is 0 Å². The molecule has 0 aromatic heterocycles. The largest absolute Gasteiger partial charge is 0.501 e. The second-order valence-corrected chi connectivity index (χ2v) is 5.46. The van der Waals surface area contributed by atoms with Crippen LogP contribution >= 0.6 is 0 Å². The van der Waals surface area contributed by atoms with Gasteiger partial charge in [0.05, 0.1) is 0 Å². The van der Waals surface area contributed by atoms with Crippen LogP contribution < -0.4 is 0 Å². The van der Waals surface area contributed by atoms with Crippen LogP contribution in [0.2, 0.25) is 6.04 Å². The molecule has 0 atom stereocenters. The summed E-state index contributed by atoms with van der Waals surface area (Å²) in [6, 6.07) is 0.700. The fourth-order valence-corrected chi connectivity index (χ4v) is 3.75. The van der Waals surface area contributed by atoms with Crippen LogP contribution in [0.4, 0.5) is 0 Å². The summed E-state index contributed by atoms with van der Waals surface area (Å²) in [5, 5.41) is 7.01. The molecule has 0 radical (unpaired) electrons. The van der Waals surface area contributed by atoms with E-state index in [4.69, 9.17) is 18.7 Å². The summed E-state index contributed by atoms with van der Waals surface area (Å²) >= 11 is 0. The highest BCUT2D eigenvalue weighted by atomic mass is 28.4. The Kier molecular flexibility index (Phi) is 7.97. The number of hydrogen-bond donors (Lipinski definition) is 1. The average Bonchev–Trinajstić information content (AvgIpc) is 2.16. The van der Waals surface area contributed by atoms with Crippen LogP contribution in [0.25, 0.3) is 0 Å². The highest BCUT2D eigenvalue weighted by Crippen LogP contribution is 2.17. The monoisotopic (exact) mass is 219 g/mol.